The van der Waals surface area contributed by atoms with E-state index in [0.29, 0.717) is 0 Å². The Morgan fingerprint density at radius 2 is 2.08 bits per heavy atom. The van der Waals surface area contributed by atoms with Crippen molar-refractivity contribution in [1.29, 1.82) is 0 Å². The molecule has 0 spiro atoms. The summed E-state index contributed by atoms with van der Waals surface area (Å²) in [6.45, 7) is 0.873. The van der Waals surface area contributed by atoms with E-state index in [9.17, 15) is 5.11 Å². The summed E-state index contributed by atoms with van der Waals surface area (Å²) in [6, 6.07) is 7.89. The standard InChI is InChI=1S/C9H11NO.BrH/c11-9-5-6-10-8-4-2-1-3-7(8)9;/h1-4,9-11H,5-6H2;1H. The molecule has 0 aromatic heterocycles. The van der Waals surface area contributed by atoms with Crippen LogP contribution in [0.3, 0.4) is 0 Å². The minimum atomic E-state index is -0.271. The summed E-state index contributed by atoms with van der Waals surface area (Å²) in [7, 11) is 0. The minimum absolute atomic E-state index is 0. The molecule has 2 N–H and O–H groups in total. The minimum Gasteiger partial charge on any atom is -0.388 e. The zero-order chi connectivity index (χ0) is 7.68. The largest absolute Gasteiger partial charge is 0.388 e. The van der Waals surface area contributed by atoms with Crippen LogP contribution < -0.4 is 5.32 Å². The third-order valence-electron chi connectivity index (χ3n) is 2.05. The first-order valence-corrected chi connectivity index (χ1v) is 3.89. The molecule has 12 heavy (non-hydrogen) atoms. The molecule has 0 fully saturated rings. The van der Waals surface area contributed by atoms with Crippen molar-refractivity contribution in [3.63, 3.8) is 0 Å². The number of para-hydroxylation sites is 1. The Kier molecular flexibility index (Phi) is 3.12. The number of hydrogen-bond acceptors (Lipinski definition) is 2. The monoisotopic (exact) mass is 229 g/mol. The van der Waals surface area contributed by atoms with Gasteiger partial charge in [0.2, 0.25) is 0 Å². The van der Waals surface area contributed by atoms with Crippen molar-refractivity contribution in [2.45, 2.75) is 12.5 Å². The molecule has 1 aliphatic rings. The van der Waals surface area contributed by atoms with Crippen LogP contribution in [0.4, 0.5) is 5.69 Å². The Labute approximate surface area is 82.4 Å². The van der Waals surface area contributed by atoms with Crippen LogP contribution in [0.5, 0.6) is 0 Å². The van der Waals surface area contributed by atoms with Crippen LogP contribution in [0.15, 0.2) is 24.3 Å². The predicted octanol–water partition coefficient (Wildman–Crippen LogP) is 2.11. The number of rotatable bonds is 0. The lowest BCUT2D eigenvalue weighted by atomic mass is 10.0. The zero-order valence-corrected chi connectivity index (χ0v) is 8.37. The summed E-state index contributed by atoms with van der Waals surface area (Å²) in [5.41, 5.74) is 2.10. The number of aliphatic hydroxyl groups excluding tert-OH is 1. The van der Waals surface area contributed by atoms with Crippen molar-refractivity contribution in [2.75, 3.05) is 11.9 Å². The van der Waals surface area contributed by atoms with Crippen molar-refractivity contribution in [2.24, 2.45) is 0 Å². The first kappa shape index (κ1) is 9.55. The van der Waals surface area contributed by atoms with Gasteiger partial charge in [0, 0.05) is 17.8 Å². The first-order chi connectivity index (χ1) is 5.38. The number of nitrogens with one attached hydrogen (secondary N) is 1. The molecule has 1 aromatic carbocycles. The summed E-state index contributed by atoms with van der Waals surface area (Å²) in [5, 5.41) is 12.8. The van der Waals surface area contributed by atoms with Gasteiger partial charge in [-0.15, -0.1) is 17.0 Å². The number of benzene rings is 1. The number of halogens is 1. The molecular formula is C9H12BrNO. The molecular weight excluding hydrogens is 218 g/mol. The van der Waals surface area contributed by atoms with Crippen molar-refractivity contribution < 1.29 is 5.11 Å². The van der Waals surface area contributed by atoms with Crippen LogP contribution >= 0.6 is 17.0 Å². The molecule has 0 saturated carbocycles. The highest BCUT2D eigenvalue weighted by Crippen LogP contribution is 2.28. The lowest BCUT2D eigenvalue weighted by molar-refractivity contribution is 0.168. The van der Waals surface area contributed by atoms with E-state index < -0.39 is 0 Å². The molecule has 0 amide bonds. The fourth-order valence-electron chi connectivity index (χ4n) is 1.45. The van der Waals surface area contributed by atoms with E-state index in [1.807, 2.05) is 24.3 Å². The molecule has 0 saturated heterocycles. The maximum absolute atomic E-state index is 9.52. The Morgan fingerprint density at radius 1 is 1.33 bits per heavy atom. The van der Waals surface area contributed by atoms with Crippen molar-refractivity contribution in [3.05, 3.63) is 29.8 Å². The Balaban J connectivity index is 0.000000720. The Bertz CT molecular complexity index is 264. The fraction of sp³-hybridized carbons (Fsp3) is 0.333. The summed E-state index contributed by atoms with van der Waals surface area (Å²) in [5.74, 6) is 0. The Hall–Kier alpha value is -0.540. The molecule has 0 aliphatic carbocycles. The van der Waals surface area contributed by atoms with Gasteiger partial charge in [0.25, 0.3) is 0 Å². The van der Waals surface area contributed by atoms with Crippen LogP contribution in [0.1, 0.15) is 18.1 Å². The van der Waals surface area contributed by atoms with Crippen LogP contribution in [-0.2, 0) is 0 Å². The van der Waals surface area contributed by atoms with Gasteiger partial charge in [-0.2, -0.15) is 0 Å². The predicted molar refractivity (Wildman–Crippen MR) is 54.8 cm³/mol. The second kappa shape index (κ2) is 3.92. The molecule has 3 heteroatoms. The van der Waals surface area contributed by atoms with Crippen LogP contribution in [0.25, 0.3) is 0 Å². The van der Waals surface area contributed by atoms with Crippen LogP contribution in [0.2, 0.25) is 0 Å². The van der Waals surface area contributed by atoms with E-state index in [1.54, 1.807) is 0 Å². The summed E-state index contributed by atoms with van der Waals surface area (Å²) in [4.78, 5) is 0. The molecule has 0 radical (unpaired) electrons. The summed E-state index contributed by atoms with van der Waals surface area (Å²) >= 11 is 0. The van der Waals surface area contributed by atoms with E-state index in [-0.39, 0.29) is 23.1 Å². The van der Waals surface area contributed by atoms with Crippen LogP contribution in [0, 0.1) is 0 Å². The van der Waals surface area contributed by atoms with Gasteiger partial charge in [-0.05, 0) is 12.5 Å². The van der Waals surface area contributed by atoms with Gasteiger partial charge >= 0.3 is 0 Å². The quantitative estimate of drug-likeness (QED) is 0.715. The van der Waals surface area contributed by atoms with Gasteiger partial charge in [0.1, 0.15) is 0 Å². The molecule has 66 valence electrons. The number of anilines is 1. The number of aliphatic hydroxyl groups is 1. The maximum atomic E-state index is 9.52. The third-order valence-corrected chi connectivity index (χ3v) is 2.05. The highest BCUT2D eigenvalue weighted by molar-refractivity contribution is 8.93. The lowest BCUT2D eigenvalue weighted by Gasteiger charge is -2.22. The first-order valence-electron chi connectivity index (χ1n) is 3.89. The van der Waals surface area contributed by atoms with Crippen molar-refractivity contribution >= 4 is 22.7 Å². The van der Waals surface area contributed by atoms with Gasteiger partial charge in [0.15, 0.2) is 0 Å². The summed E-state index contributed by atoms with van der Waals surface area (Å²) in [6.07, 6.45) is 0.546. The molecule has 1 aliphatic heterocycles. The highest BCUT2D eigenvalue weighted by atomic mass is 79.9. The van der Waals surface area contributed by atoms with Gasteiger partial charge in [-0.1, -0.05) is 18.2 Å². The van der Waals surface area contributed by atoms with Gasteiger partial charge < -0.3 is 10.4 Å². The Morgan fingerprint density at radius 3 is 2.83 bits per heavy atom. The molecule has 1 heterocycles. The van der Waals surface area contributed by atoms with E-state index in [4.69, 9.17) is 0 Å². The van der Waals surface area contributed by atoms with Crippen molar-refractivity contribution in [1.82, 2.24) is 0 Å². The van der Waals surface area contributed by atoms with E-state index in [0.717, 1.165) is 24.2 Å². The molecule has 1 atom stereocenters. The molecule has 1 unspecified atom stereocenters. The molecule has 0 bridgehead atoms. The van der Waals surface area contributed by atoms with Gasteiger partial charge in [0.05, 0.1) is 6.10 Å². The van der Waals surface area contributed by atoms with Gasteiger partial charge in [-0.25, -0.2) is 0 Å². The van der Waals surface area contributed by atoms with Crippen molar-refractivity contribution in [3.8, 4) is 0 Å². The third kappa shape index (κ3) is 1.62. The molecule has 1 aromatic rings. The second-order valence-corrected chi connectivity index (χ2v) is 2.82. The fourth-order valence-corrected chi connectivity index (χ4v) is 1.45. The normalized spacial score (nSPS) is 20.2. The number of hydrogen-bond donors (Lipinski definition) is 2. The maximum Gasteiger partial charge on any atom is 0.0826 e. The topological polar surface area (TPSA) is 32.3 Å². The molecule has 2 nitrogen and oxygen atoms in total. The number of fused-ring (bicyclic) bond motifs is 1. The zero-order valence-electron chi connectivity index (χ0n) is 6.66. The van der Waals surface area contributed by atoms with E-state index in [2.05, 4.69) is 5.32 Å². The second-order valence-electron chi connectivity index (χ2n) is 2.82. The smallest absolute Gasteiger partial charge is 0.0826 e. The van der Waals surface area contributed by atoms with Gasteiger partial charge in [-0.3, -0.25) is 0 Å². The van der Waals surface area contributed by atoms with E-state index >= 15 is 0 Å². The SMILES string of the molecule is Br.OC1CCNc2ccccc21. The average Bonchev–Trinajstić information content (AvgIpc) is 2.06. The molecule has 2 rings (SSSR count). The average molecular weight is 230 g/mol. The van der Waals surface area contributed by atoms with Crippen LogP contribution in [-0.4, -0.2) is 11.7 Å². The summed E-state index contributed by atoms with van der Waals surface area (Å²) < 4.78 is 0. The highest BCUT2D eigenvalue weighted by Gasteiger charge is 2.15. The lowest BCUT2D eigenvalue weighted by Crippen LogP contribution is -2.15. The van der Waals surface area contributed by atoms with E-state index in [1.165, 1.54) is 0 Å².